The number of likely N-dealkylation sites (N-methyl/N-ethyl adjacent to an activating group) is 1. The molecule has 1 amide bonds. The van der Waals surface area contributed by atoms with Gasteiger partial charge in [0.1, 0.15) is 17.5 Å². The maximum atomic E-state index is 12.8. The van der Waals surface area contributed by atoms with E-state index in [2.05, 4.69) is 4.98 Å². The first-order valence-electron chi connectivity index (χ1n) is 8.03. The molecule has 0 radical (unpaired) electrons. The molecule has 0 aliphatic heterocycles. The number of hydrogen-bond acceptors (Lipinski definition) is 6. The molecule has 3 rings (SSSR count). The van der Waals surface area contributed by atoms with Gasteiger partial charge in [0.05, 0.1) is 4.90 Å². The summed E-state index contributed by atoms with van der Waals surface area (Å²) in [5.74, 6) is 0.248. The van der Waals surface area contributed by atoms with Gasteiger partial charge in [0.15, 0.2) is 0 Å². The molecule has 1 aromatic heterocycles. The lowest BCUT2D eigenvalue weighted by Gasteiger charge is -2.25. The number of sulfonamides is 1. The van der Waals surface area contributed by atoms with Gasteiger partial charge in [-0.15, -0.1) is 0 Å². The Kier molecular flexibility index (Phi) is 5.21. The molecule has 26 heavy (non-hydrogen) atoms. The third kappa shape index (κ3) is 3.85. The topological polar surface area (TPSA) is 109 Å². The van der Waals surface area contributed by atoms with Gasteiger partial charge in [-0.25, -0.2) is 13.9 Å². The Labute approximate surface area is 151 Å². The molecular weight excluding hydrogens is 358 g/mol. The normalized spacial score (nSPS) is 15.5. The van der Waals surface area contributed by atoms with Crippen LogP contribution in [0.1, 0.15) is 12.8 Å². The Morgan fingerprint density at radius 1 is 1.19 bits per heavy atom. The highest BCUT2D eigenvalue weighted by Crippen LogP contribution is 2.37. The summed E-state index contributed by atoms with van der Waals surface area (Å²) in [7, 11) is -2.55. The number of pyridine rings is 1. The molecule has 1 saturated carbocycles. The maximum Gasteiger partial charge on any atom is 0.262 e. The van der Waals surface area contributed by atoms with Gasteiger partial charge in [-0.1, -0.05) is 0 Å². The molecule has 2 N–H and O–H groups in total. The molecule has 2 aromatic rings. The number of aromatic nitrogens is 1. The molecule has 1 heterocycles. The van der Waals surface area contributed by atoms with Crippen molar-refractivity contribution in [3.8, 4) is 11.5 Å². The number of hydrogen-bond donors (Lipinski definition) is 2. The van der Waals surface area contributed by atoms with Gasteiger partial charge >= 0.3 is 0 Å². The maximum absolute atomic E-state index is 12.8. The number of carbonyl (C=O) groups excluding carboxylic acids is 1. The summed E-state index contributed by atoms with van der Waals surface area (Å²) >= 11 is 0. The molecule has 8 nitrogen and oxygen atoms in total. The van der Waals surface area contributed by atoms with Crippen molar-refractivity contribution in [1.29, 1.82) is 0 Å². The second kappa shape index (κ2) is 7.40. The number of ether oxygens (including phenoxy) is 1. The van der Waals surface area contributed by atoms with Crippen LogP contribution in [0.25, 0.3) is 0 Å². The van der Waals surface area contributed by atoms with Gasteiger partial charge in [-0.05, 0) is 55.2 Å². The zero-order valence-electron chi connectivity index (χ0n) is 14.1. The molecule has 1 atom stereocenters. The molecule has 1 aliphatic rings. The third-order valence-electron chi connectivity index (χ3n) is 4.23. The van der Waals surface area contributed by atoms with E-state index < -0.39 is 22.0 Å². The van der Waals surface area contributed by atoms with E-state index in [1.807, 2.05) is 0 Å². The first-order chi connectivity index (χ1) is 12.4. The van der Waals surface area contributed by atoms with Crippen LogP contribution in [0, 0.1) is 5.92 Å². The van der Waals surface area contributed by atoms with Crippen molar-refractivity contribution in [3.05, 3.63) is 48.8 Å². The molecule has 0 saturated heterocycles. The Morgan fingerprint density at radius 2 is 1.77 bits per heavy atom. The van der Waals surface area contributed by atoms with Gasteiger partial charge in [0.25, 0.3) is 5.91 Å². The van der Waals surface area contributed by atoms with E-state index >= 15 is 0 Å². The van der Waals surface area contributed by atoms with E-state index in [1.165, 1.54) is 19.2 Å². The molecule has 0 unspecified atom stereocenters. The lowest BCUT2D eigenvalue weighted by Crippen LogP contribution is -2.48. The Morgan fingerprint density at radius 3 is 2.31 bits per heavy atom. The minimum Gasteiger partial charge on any atom is -0.457 e. The number of rotatable bonds is 7. The molecule has 0 bridgehead atoms. The lowest BCUT2D eigenvalue weighted by atomic mass is 10.2. The van der Waals surface area contributed by atoms with Crippen LogP contribution in [0.3, 0.4) is 0 Å². The van der Waals surface area contributed by atoms with E-state index in [0.717, 1.165) is 17.1 Å². The predicted octanol–water partition coefficient (Wildman–Crippen LogP) is 1.78. The van der Waals surface area contributed by atoms with E-state index in [0.29, 0.717) is 11.5 Å². The zero-order chi connectivity index (χ0) is 18.7. The predicted molar refractivity (Wildman–Crippen MR) is 92.1 cm³/mol. The Balaban J connectivity index is 1.79. The summed E-state index contributed by atoms with van der Waals surface area (Å²) in [6.07, 6.45) is 4.67. The van der Waals surface area contributed by atoms with Crippen molar-refractivity contribution in [1.82, 2.24) is 14.8 Å². The summed E-state index contributed by atoms with van der Waals surface area (Å²) in [5.41, 5.74) is 1.56. The highest BCUT2D eigenvalue weighted by atomic mass is 32.2. The number of nitrogens with zero attached hydrogens (tertiary/aromatic N) is 2. The van der Waals surface area contributed by atoms with Gasteiger partial charge in [-0.3, -0.25) is 15.0 Å². The number of carbonyl (C=O) groups is 1. The standard InChI is InChI=1S/C17H19N3O5S/c1-20(16(12-2-3-12)17(21)19-22)26(23,24)15-6-4-13(5-7-15)25-14-8-10-18-11-9-14/h4-12,16,22H,2-3H2,1H3,(H,19,21)/t16-/m1/s1. The van der Waals surface area contributed by atoms with Gasteiger partial charge < -0.3 is 4.74 Å². The number of benzene rings is 1. The second-order valence-corrected chi connectivity index (χ2v) is 8.03. The quantitative estimate of drug-likeness (QED) is 0.562. The van der Waals surface area contributed by atoms with Crippen LogP contribution in [0.15, 0.2) is 53.7 Å². The average molecular weight is 377 g/mol. The van der Waals surface area contributed by atoms with Crippen LogP contribution >= 0.6 is 0 Å². The average Bonchev–Trinajstić information content (AvgIpc) is 3.48. The Hall–Kier alpha value is -2.49. The fourth-order valence-electron chi connectivity index (χ4n) is 2.69. The van der Waals surface area contributed by atoms with Crippen molar-refractivity contribution in [3.63, 3.8) is 0 Å². The SMILES string of the molecule is CN([C@@H](C(=O)NO)C1CC1)S(=O)(=O)c1ccc(Oc2ccncc2)cc1. The van der Waals surface area contributed by atoms with E-state index in [9.17, 15) is 13.2 Å². The minimum atomic E-state index is -3.89. The molecule has 9 heteroatoms. The van der Waals surface area contributed by atoms with Crippen molar-refractivity contribution < 1.29 is 23.2 Å². The first-order valence-corrected chi connectivity index (χ1v) is 9.47. The first kappa shape index (κ1) is 18.3. The second-order valence-electron chi connectivity index (χ2n) is 6.04. The molecule has 1 aromatic carbocycles. The third-order valence-corrected chi connectivity index (χ3v) is 6.08. The van der Waals surface area contributed by atoms with E-state index in [-0.39, 0.29) is 10.8 Å². The van der Waals surface area contributed by atoms with Crippen LogP contribution in [-0.2, 0) is 14.8 Å². The van der Waals surface area contributed by atoms with Gasteiger partial charge in [-0.2, -0.15) is 4.31 Å². The van der Waals surface area contributed by atoms with Crippen molar-refractivity contribution in [2.24, 2.45) is 5.92 Å². The fraction of sp³-hybridized carbons (Fsp3) is 0.294. The monoisotopic (exact) mass is 377 g/mol. The van der Waals surface area contributed by atoms with Crippen LogP contribution < -0.4 is 10.2 Å². The van der Waals surface area contributed by atoms with Crippen molar-refractivity contribution >= 4 is 15.9 Å². The van der Waals surface area contributed by atoms with E-state index in [4.69, 9.17) is 9.94 Å². The number of amides is 1. The van der Waals surface area contributed by atoms with Crippen molar-refractivity contribution in [2.75, 3.05) is 7.05 Å². The van der Waals surface area contributed by atoms with Crippen molar-refractivity contribution in [2.45, 2.75) is 23.8 Å². The highest BCUT2D eigenvalue weighted by Gasteiger charge is 2.43. The summed E-state index contributed by atoms with van der Waals surface area (Å²) in [6, 6.07) is 8.36. The zero-order valence-corrected chi connectivity index (χ0v) is 14.9. The highest BCUT2D eigenvalue weighted by molar-refractivity contribution is 7.89. The molecular formula is C17H19N3O5S. The molecule has 1 aliphatic carbocycles. The van der Waals surface area contributed by atoms with Crippen LogP contribution in [0.5, 0.6) is 11.5 Å². The summed E-state index contributed by atoms with van der Waals surface area (Å²) in [4.78, 5) is 15.8. The minimum absolute atomic E-state index is 0.0402. The lowest BCUT2D eigenvalue weighted by molar-refractivity contribution is -0.133. The molecule has 1 fully saturated rings. The summed E-state index contributed by atoms with van der Waals surface area (Å²) in [6.45, 7) is 0. The van der Waals surface area contributed by atoms with Gasteiger partial charge in [0.2, 0.25) is 10.0 Å². The van der Waals surface area contributed by atoms with Gasteiger partial charge in [0, 0.05) is 19.4 Å². The van der Waals surface area contributed by atoms with Crippen LogP contribution in [0.4, 0.5) is 0 Å². The summed E-state index contributed by atoms with van der Waals surface area (Å²) in [5, 5.41) is 8.90. The Bertz CT molecular complexity index is 867. The fourth-order valence-corrected chi connectivity index (χ4v) is 4.07. The van der Waals surface area contributed by atoms with E-state index in [1.54, 1.807) is 42.1 Å². The number of nitrogens with one attached hydrogen (secondary N) is 1. The van der Waals surface area contributed by atoms with Crippen LogP contribution in [-0.4, -0.2) is 41.9 Å². The number of hydroxylamine groups is 1. The molecule has 138 valence electrons. The molecule has 0 spiro atoms. The van der Waals surface area contributed by atoms with Crippen LogP contribution in [0.2, 0.25) is 0 Å². The largest absolute Gasteiger partial charge is 0.457 e. The summed E-state index contributed by atoms with van der Waals surface area (Å²) < 4.78 is 32.2. The smallest absolute Gasteiger partial charge is 0.262 e.